The van der Waals surface area contributed by atoms with Gasteiger partial charge < -0.3 is 14.9 Å². The van der Waals surface area contributed by atoms with Crippen molar-refractivity contribution in [3.05, 3.63) is 74.4 Å². The van der Waals surface area contributed by atoms with E-state index in [-0.39, 0.29) is 12.2 Å². The highest BCUT2D eigenvalue weighted by atomic mass is 35.5. The van der Waals surface area contributed by atoms with Gasteiger partial charge in [0.1, 0.15) is 12.1 Å². The van der Waals surface area contributed by atoms with Gasteiger partial charge in [-0.05, 0) is 30.3 Å². The fourth-order valence-electron chi connectivity index (χ4n) is 3.59. The van der Waals surface area contributed by atoms with E-state index in [1.54, 1.807) is 37.0 Å². The second-order valence-corrected chi connectivity index (χ2v) is 7.58. The lowest BCUT2D eigenvalue weighted by molar-refractivity contribution is 0.648. The molecule has 1 aromatic carbocycles. The van der Waals surface area contributed by atoms with E-state index in [0.717, 1.165) is 16.6 Å². The summed E-state index contributed by atoms with van der Waals surface area (Å²) < 4.78 is 4.16. The van der Waals surface area contributed by atoms with E-state index in [1.807, 2.05) is 18.2 Å². The molecular weight excluding hydrogens is 420 g/mol. The van der Waals surface area contributed by atoms with Gasteiger partial charge in [-0.15, -0.1) is 0 Å². The Labute approximate surface area is 179 Å². The first kappa shape index (κ1) is 19.1. The summed E-state index contributed by atoms with van der Waals surface area (Å²) in [5.41, 5.74) is 1.30. The van der Waals surface area contributed by atoms with E-state index in [4.69, 9.17) is 11.6 Å². The van der Waals surface area contributed by atoms with Crippen LogP contribution < -0.4 is 16.6 Å². The molecule has 2 N–H and O–H groups in total. The molecule has 0 saturated carbocycles. The zero-order valence-corrected chi connectivity index (χ0v) is 17.4. The van der Waals surface area contributed by atoms with Crippen LogP contribution in [-0.2, 0) is 20.6 Å². The van der Waals surface area contributed by atoms with Crippen molar-refractivity contribution < 1.29 is 0 Å². The average molecular weight is 437 g/mol. The zero-order chi connectivity index (χ0) is 21.7. The Morgan fingerprint density at radius 2 is 1.97 bits per heavy atom. The first-order valence-electron chi connectivity index (χ1n) is 9.39. The van der Waals surface area contributed by atoms with Crippen LogP contribution in [0.3, 0.4) is 0 Å². The topological polar surface area (TPSA) is 115 Å². The molecule has 11 heteroatoms. The molecule has 4 heterocycles. The number of rotatable bonds is 4. The number of anilines is 2. The van der Waals surface area contributed by atoms with Crippen LogP contribution in [0.25, 0.3) is 22.1 Å². The van der Waals surface area contributed by atoms with Crippen LogP contribution in [-0.4, -0.2) is 33.6 Å². The predicted octanol–water partition coefficient (Wildman–Crippen LogP) is 2.15. The average Bonchev–Trinajstić information content (AvgIpc) is 3.30. The highest BCUT2D eigenvalue weighted by Crippen LogP contribution is 2.21. The summed E-state index contributed by atoms with van der Waals surface area (Å²) in [6.07, 6.45) is 3.00. The Kier molecular flexibility index (Phi) is 4.36. The fourth-order valence-corrected chi connectivity index (χ4v) is 3.77. The Balaban J connectivity index is 1.62. The van der Waals surface area contributed by atoms with Gasteiger partial charge in [0, 0.05) is 41.9 Å². The standard InChI is InChI=1S/C20H17ClN8O2/c1-27-16-17(26-19(27)25-15-5-6-22-10-23-15)28(2)20(31)29(18(16)30)9-13-8-11-7-12(21)3-4-14(11)24-13/h3-8,10,24H,9H2,1-2H3,(H,22,23,25,26). The third-order valence-electron chi connectivity index (χ3n) is 5.15. The van der Waals surface area contributed by atoms with Gasteiger partial charge in [0.15, 0.2) is 11.2 Å². The maximum atomic E-state index is 13.3. The molecule has 0 bridgehead atoms. The van der Waals surface area contributed by atoms with Crippen LogP contribution in [0, 0.1) is 0 Å². The number of hydrogen-bond donors (Lipinski definition) is 2. The van der Waals surface area contributed by atoms with Crippen LogP contribution in [0.15, 0.2) is 52.4 Å². The van der Waals surface area contributed by atoms with Crippen LogP contribution in [0.2, 0.25) is 5.02 Å². The molecule has 156 valence electrons. The van der Waals surface area contributed by atoms with Crippen LogP contribution >= 0.6 is 11.6 Å². The van der Waals surface area contributed by atoms with Gasteiger partial charge in [-0.2, -0.15) is 4.98 Å². The van der Waals surface area contributed by atoms with Gasteiger partial charge in [0.2, 0.25) is 5.95 Å². The zero-order valence-electron chi connectivity index (χ0n) is 16.6. The number of imidazole rings is 1. The van der Waals surface area contributed by atoms with Gasteiger partial charge >= 0.3 is 5.69 Å². The van der Waals surface area contributed by atoms with Crippen LogP contribution in [0.4, 0.5) is 11.8 Å². The Bertz CT molecular complexity index is 1560. The summed E-state index contributed by atoms with van der Waals surface area (Å²) in [6, 6.07) is 9.02. The van der Waals surface area contributed by atoms with Gasteiger partial charge in [0.05, 0.1) is 6.54 Å². The van der Waals surface area contributed by atoms with E-state index < -0.39 is 11.2 Å². The first-order valence-corrected chi connectivity index (χ1v) is 9.76. The molecule has 0 amide bonds. The monoisotopic (exact) mass is 436 g/mol. The number of H-pyrrole nitrogens is 1. The largest absolute Gasteiger partial charge is 0.357 e. The number of aryl methyl sites for hydroxylation is 2. The van der Waals surface area contributed by atoms with Crippen molar-refractivity contribution in [2.24, 2.45) is 14.1 Å². The molecule has 0 fully saturated rings. The maximum Gasteiger partial charge on any atom is 0.332 e. The van der Waals surface area contributed by atoms with Crippen molar-refractivity contribution in [3.63, 3.8) is 0 Å². The first-order chi connectivity index (χ1) is 14.9. The summed E-state index contributed by atoms with van der Waals surface area (Å²) >= 11 is 6.06. The molecule has 0 aliphatic heterocycles. The van der Waals surface area contributed by atoms with E-state index in [2.05, 4.69) is 25.3 Å². The van der Waals surface area contributed by atoms with E-state index in [1.165, 1.54) is 15.5 Å². The molecular formula is C20H17ClN8O2. The molecule has 0 aliphatic carbocycles. The van der Waals surface area contributed by atoms with Gasteiger partial charge in [-0.25, -0.2) is 14.8 Å². The van der Waals surface area contributed by atoms with Crippen molar-refractivity contribution in [3.8, 4) is 0 Å². The molecule has 5 rings (SSSR count). The minimum Gasteiger partial charge on any atom is -0.357 e. The molecule has 0 radical (unpaired) electrons. The van der Waals surface area contributed by atoms with Gasteiger partial charge in [-0.1, -0.05) is 11.6 Å². The Morgan fingerprint density at radius 1 is 1.13 bits per heavy atom. The molecule has 4 aromatic heterocycles. The number of aromatic amines is 1. The minimum atomic E-state index is -0.458. The molecule has 0 atom stereocenters. The van der Waals surface area contributed by atoms with Crippen molar-refractivity contribution in [1.29, 1.82) is 0 Å². The fraction of sp³-hybridized carbons (Fsp3) is 0.150. The van der Waals surface area contributed by atoms with Crippen molar-refractivity contribution >= 4 is 45.4 Å². The minimum absolute atomic E-state index is 0.0909. The SMILES string of the molecule is Cn1c(Nc2ccncn2)nc2c1c(=O)n(Cc1cc3cc(Cl)ccc3[nH]1)c(=O)n2C. The van der Waals surface area contributed by atoms with Crippen molar-refractivity contribution in [2.45, 2.75) is 6.54 Å². The second kappa shape index (κ2) is 7.10. The van der Waals surface area contributed by atoms with E-state index in [0.29, 0.717) is 22.3 Å². The number of hydrogen-bond acceptors (Lipinski definition) is 6. The van der Waals surface area contributed by atoms with Crippen LogP contribution in [0.1, 0.15) is 5.69 Å². The predicted molar refractivity (Wildman–Crippen MR) is 118 cm³/mol. The Morgan fingerprint density at radius 3 is 2.74 bits per heavy atom. The normalized spacial score (nSPS) is 11.5. The lowest BCUT2D eigenvalue weighted by Gasteiger charge is -2.08. The summed E-state index contributed by atoms with van der Waals surface area (Å²) in [4.78, 5) is 41.9. The summed E-state index contributed by atoms with van der Waals surface area (Å²) in [6.45, 7) is 0.0909. The number of aromatic nitrogens is 7. The third-order valence-corrected chi connectivity index (χ3v) is 5.38. The Hall–Kier alpha value is -3.92. The molecule has 31 heavy (non-hydrogen) atoms. The number of halogens is 1. The number of benzene rings is 1. The van der Waals surface area contributed by atoms with Gasteiger partial charge in [0.25, 0.3) is 5.56 Å². The lowest BCUT2D eigenvalue weighted by Crippen LogP contribution is -2.39. The smallest absolute Gasteiger partial charge is 0.332 e. The highest BCUT2D eigenvalue weighted by Gasteiger charge is 2.19. The molecule has 0 aliphatic rings. The van der Waals surface area contributed by atoms with E-state index >= 15 is 0 Å². The molecule has 0 spiro atoms. The lowest BCUT2D eigenvalue weighted by atomic mass is 10.2. The van der Waals surface area contributed by atoms with Crippen molar-refractivity contribution in [1.82, 2.24) is 33.6 Å². The summed E-state index contributed by atoms with van der Waals surface area (Å²) in [5.74, 6) is 0.911. The van der Waals surface area contributed by atoms with Gasteiger partial charge in [-0.3, -0.25) is 13.9 Å². The maximum absolute atomic E-state index is 13.3. The van der Waals surface area contributed by atoms with Crippen molar-refractivity contribution in [2.75, 3.05) is 5.32 Å². The summed E-state index contributed by atoms with van der Waals surface area (Å²) in [5, 5.41) is 4.57. The molecule has 5 aromatic rings. The third kappa shape index (κ3) is 3.17. The molecule has 10 nitrogen and oxygen atoms in total. The quantitative estimate of drug-likeness (QED) is 0.446. The number of nitrogens with one attached hydrogen (secondary N) is 2. The molecule has 0 saturated heterocycles. The number of fused-ring (bicyclic) bond motifs is 2. The van der Waals surface area contributed by atoms with E-state index in [9.17, 15) is 9.59 Å². The summed E-state index contributed by atoms with van der Waals surface area (Å²) in [7, 11) is 3.30. The second-order valence-electron chi connectivity index (χ2n) is 7.15. The van der Waals surface area contributed by atoms with Crippen LogP contribution in [0.5, 0.6) is 0 Å². The highest BCUT2D eigenvalue weighted by molar-refractivity contribution is 6.31. The number of nitrogens with zero attached hydrogens (tertiary/aromatic N) is 6. The molecule has 0 unspecified atom stereocenters.